The quantitative estimate of drug-likeness (QED) is 0.171. The van der Waals surface area contributed by atoms with Crippen LogP contribution in [0.4, 0.5) is 17.1 Å². The van der Waals surface area contributed by atoms with E-state index in [-0.39, 0.29) is 0 Å². The molecule has 0 N–H and O–H groups in total. The summed E-state index contributed by atoms with van der Waals surface area (Å²) in [6.45, 7) is 0. The van der Waals surface area contributed by atoms with Gasteiger partial charge >= 0.3 is 0 Å². The Balaban J connectivity index is 1.04. The van der Waals surface area contributed by atoms with Crippen molar-refractivity contribution < 1.29 is 4.42 Å². The molecule has 0 aliphatic heterocycles. The number of rotatable bonds is 6. The Labute approximate surface area is 325 Å². The van der Waals surface area contributed by atoms with E-state index in [9.17, 15) is 0 Å². The molecule has 1 heterocycles. The molecule has 0 spiro atoms. The van der Waals surface area contributed by atoms with E-state index in [0.717, 1.165) is 60.9 Å². The number of fused-ring (bicyclic) bond motifs is 7. The number of nitrogens with zero attached hydrogens (tertiary/aromatic N) is 1. The van der Waals surface area contributed by atoms with E-state index in [4.69, 9.17) is 4.42 Å². The summed E-state index contributed by atoms with van der Waals surface area (Å²) in [4.78, 5) is 2.39. The van der Waals surface area contributed by atoms with Crippen LogP contribution >= 0.6 is 0 Å². The molecular weight excluding hydrogens is 679 g/mol. The molecule has 0 saturated carbocycles. The van der Waals surface area contributed by atoms with Crippen LogP contribution in [0.25, 0.3) is 87.6 Å². The molecule has 0 amide bonds. The van der Waals surface area contributed by atoms with E-state index in [0.29, 0.717) is 0 Å². The zero-order valence-electron chi connectivity index (χ0n) is 30.6. The lowest BCUT2D eigenvalue weighted by molar-refractivity contribution is 0.672. The first-order chi connectivity index (χ1) is 27.7. The van der Waals surface area contributed by atoms with Crippen LogP contribution in [0.3, 0.4) is 0 Å². The minimum Gasteiger partial charge on any atom is -0.455 e. The smallest absolute Gasteiger partial charge is 0.143 e. The topological polar surface area (TPSA) is 16.4 Å². The van der Waals surface area contributed by atoms with E-state index >= 15 is 0 Å². The lowest BCUT2D eigenvalue weighted by Crippen LogP contribution is -2.11. The van der Waals surface area contributed by atoms with Gasteiger partial charge in [-0.3, -0.25) is 0 Å². The van der Waals surface area contributed by atoms with E-state index in [1.54, 1.807) is 0 Å². The highest BCUT2D eigenvalue weighted by molar-refractivity contribution is 6.15. The van der Waals surface area contributed by atoms with Crippen LogP contribution in [-0.2, 0) is 0 Å². The van der Waals surface area contributed by atoms with Crippen molar-refractivity contribution in [2.45, 2.75) is 0 Å². The van der Waals surface area contributed by atoms with Crippen LogP contribution in [0, 0.1) is 0 Å². The molecule has 11 rings (SSSR count). The third kappa shape index (κ3) is 5.42. The Morgan fingerprint density at radius 2 is 0.875 bits per heavy atom. The molecule has 2 heteroatoms. The average Bonchev–Trinajstić information content (AvgIpc) is 3.66. The van der Waals surface area contributed by atoms with Crippen LogP contribution in [-0.4, -0.2) is 0 Å². The normalized spacial score (nSPS) is 11.6. The molecule has 1 aromatic heterocycles. The largest absolute Gasteiger partial charge is 0.455 e. The number of hydrogen-bond donors (Lipinski definition) is 0. The second-order valence-electron chi connectivity index (χ2n) is 14.5. The van der Waals surface area contributed by atoms with Crippen LogP contribution in [0.15, 0.2) is 217 Å². The number of hydrogen-bond acceptors (Lipinski definition) is 2. The van der Waals surface area contributed by atoms with Crippen LogP contribution in [0.2, 0.25) is 0 Å². The summed E-state index contributed by atoms with van der Waals surface area (Å²) < 4.78 is 6.41. The van der Waals surface area contributed by atoms with Gasteiger partial charge in [0.1, 0.15) is 11.2 Å². The summed E-state index contributed by atoms with van der Waals surface area (Å²) in [6.07, 6.45) is 0. The summed E-state index contributed by atoms with van der Waals surface area (Å²) in [5.41, 5.74) is 12.2. The van der Waals surface area contributed by atoms with Crippen LogP contribution < -0.4 is 4.90 Å². The number of anilines is 3. The van der Waals surface area contributed by atoms with Gasteiger partial charge < -0.3 is 9.32 Å². The van der Waals surface area contributed by atoms with Gasteiger partial charge in [-0.25, -0.2) is 0 Å². The average molecular weight is 714 g/mol. The van der Waals surface area contributed by atoms with E-state index < -0.39 is 0 Å². The van der Waals surface area contributed by atoms with Crippen molar-refractivity contribution in [2.24, 2.45) is 0 Å². The van der Waals surface area contributed by atoms with Crippen molar-refractivity contribution in [3.63, 3.8) is 0 Å². The van der Waals surface area contributed by atoms with Crippen molar-refractivity contribution in [3.8, 4) is 33.4 Å². The van der Waals surface area contributed by atoms with Gasteiger partial charge in [0.2, 0.25) is 0 Å². The van der Waals surface area contributed by atoms with Gasteiger partial charge in [0.15, 0.2) is 0 Å². The Hall–Kier alpha value is -7.42. The molecular formula is C54H35NO. The maximum atomic E-state index is 6.41. The first-order valence-electron chi connectivity index (χ1n) is 19.2. The van der Waals surface area contributed by atoms with Gasteiger partial charge in [-0.1, -0.05) is 152 Å². The molecule has 262 valence electrons. The fraction of sp³-hybridized carbons (Fsp3) is 0. The van der Waals surface area contributed by atoms with Crippen LogP contribution in [0.1, 0.15) is 0 Å². The third-order valence-electron chi connectivity index (χ3n) is 11.3. The maximum absolute atomic E-state index is 6.41. The zero-order valence-corrected chi connectivity index (χ0v) is 30.6. The molecule has 56 heavy (non-hydrogen) atoms. The molecule has 0 bridgehead atoms. The summed E-state index contributed by atoms with van der Waals surface area (Å²) in [5.74, 6) is 0. The Morgan fingerprint density at radius 3 is 1.71 bits per heavy atom. The van der Waals surface area contributed by atoms with Gasteiger partial charge in [-0.15, -0.1) is 0 Å². The van der Waals surface area contributed by atoms with Crippen LogP contribution in [0.5, 0.6) is 0 Å². The summed E-state index contributed by atoms with van der Waals surface area (Å²) in [7, 11) is 0. The van der Waals surface area contributed by atoms with Gasteiger partial charge in [0.25, 0.3) is 0 Å². The molecule has 10 aromatic carbocycles. The Bertz CT molecular complexity index is 3240. The first kappa shape index (κ1) is 32.0. The lowest BCUT2D eigenvalue weighted by atomic mass is 9.96. The van der Waals surface area contributed by atoms with E-state index in [1.165, 1.54) is 43.8 Å². The minimum absolute atomic E-state index is 0.915. The van der Waals surface area contributed by atoms with Crippen molar-refractivity contribution in [1.29, 1.82) is 0 Å². The van der Waals surface area contributed by atoms with Crippen molar-refractivity contribution in [2.75, 3.05) is 4.90 Å². The first-order valence-corrected chi connectivity index (χ1v) is 19.2. The predicted molar refractivity (Wildman–Crippen MR) is 237 cm³/mol. The van der Waals surface area contributed by atoms with Crippen molar-refractivity contribution >= 4 is 71.3 Å². The molecule has 0 aliphatic rings. The van der Waals surface area contributed by atoms with Crippen molar-refractivity contribution in [1.82, 2.24) is 0 Å². The number of benzene rings is 10. The standard InChI is InChI=1S/C54H35NO/c1-2-12-40-34-41(21-20-36(40)10-1)37-22-28-44(29-23-37)55(45-30-24-39(25-31-45)47-17-9-13-38-11-3-4-14-46(38)47)52-18-7-5-15-48(52)42-26-32-49-43(35-42)27-33-51-50-16-6-8-19-53(50)56-54(49)51/h1-35H. The van der Waals surface area contributed by atoms with Gasteiger partial charge in [0, 0.05) is 33.1 Å². The maximum Gasteiger partial charge on any atom is 0.143 e. The minimum atomic E-state index is 0.915. The molecule has 0 aliphatic carbocycles. The van der Waals surface area contributed by atoms with Gasteiger partial charge in [-0.05, 0) is 115 Å². The Morgan fingerprint density at radius 1 is 0.304 bits per heavy atom. The second-order valence-corrected chi connectivity index (χ2v) is 14.5. The monoisotopic (exact) mass is 713 g/mol. The number of furan rings is 1. The fourth-order valence-electron chi connectivity index (χ4n) is 8.46. The molecule has 0 unspecified atom stereocenters. The van der Waals surface area contributed by atoms with E-state index in [2.05, 4.69) is 205 Å². The molecule has 0 saturated heterocycles. The van der Waals surface area contributed by atoms with Gasteiger partial charge in [-0.2, -0.15) is 0 Å². The summed E-state index contributed by atoms with van der Waals surface area (Å²) >= 11 is 0. The van der Waals surface area contributed by atoms with Gasteiger partial charge in [0.05, 0.1) is 5.69 Å². The van der Waals surface area contributed by atoms with Crippen molar-refractivity contribution in [3.05, 3.63) is 212 Å². The molecule has 0 atom stereocenters. The zero-order chi connectivity index (χ0) is 37.0. The third-order valence-corrected chi connectivity index (χ3v) is 11.3. The Kier molecular flexibility index (Phi) is 7.53. The molecule has 0 radical (unpaired) electrons. The highest BCUT2D eigenvalue weighted by Crippen LogP contribution is 2.43. The number of para-hydroxylation sites is 2. The van der Waals surface area contributed by atoms with E-state index in [1.807, 2.05) is 12.1 Å². The summed E-state index contributed by atoms with van der Waals surface area (Å²) in [5, 5.41) is 9.54. The SMILES string of the molecule is c1ccc(N(c2ccc(-c3ccc4ccccc4c3)cc2)c2ccc(-c3cccc4ccccc34)cc2)c(-c2ccc3c(ccc4c5ccccc5oc34)c2)c1. The predicted octanol–water partition coefficient (Wildman–Crippen LogP) is 15.5. The highest BCUT2D eigenvalue weighted by Gasteiger charge is 2.19. The second kappa shape index (κ2) is 13.2. The lowest BCUT2D eigenvalue weighted by Gasteiger charge is -2.28. The molecule has 0 fully saturated rings. The molecule has 11 aromatic rings. The molecule has 2 nitrogen and oxygen atoms in total. The fourth-order valence-corrected chi connectivity index (χ4v) is 8.46. The highest BCUT2D eigenvalue weighted by atomic mass is 16.3. The summed E-state index contributed by atoms with van der Waals surface area (Å²) in [6, 6.07) is 76.6.